The average Bonchev–Trinajstić information content (AvgIpc) is 2.35. The molecule has 2 N–H and O–H groups in total. The van der Waals surface area contributed by atoms with E-state index in [1.165, 1.54) is 0 Å². The van der Waals surface area contributed by atoms with Crippen molar-refractivity contribution in [3.05, 3.63) is 23.8 Å². The van der Waals surface area contributed by atoms with Crippen LogP contribution in [-0.4, -0.2) is 19.2 Å². The van der Waals surface area contributed by atoms with Gasteiger partial charge in [-0.25, -0.2) is 4.98 Å². The summed E-state index contributed by atoms with van der Waals surface area (Å²) in [5, 5.41) is 0.968. The number of nitrogen functional groups attached to an aromatic ring is 1. The Labute approximate surface area is 113 Å². The second kappa shape index (κ2) is 4.61. The minimum Gasteiger partial charge on any atom is -0.497 e. The molecule has 2 aromatic rings. The summed E-state index contributed by atoms with van der Waals surface area (Å²) in [5.41, 5.74) is 7.80. The van der Waals surface area contributed by atoms with E-state index < -0.39 is 0 Å². The Balaban J connectivity index is 2.78. The van der Waals surface area contributed by atoms with Crippen molar-refractivity contribution in [3.8, 4) is 11.5 Å². The molecule has 19 heavy (non-hydrogen) atoms. The smallest absolute Gasteiger partial charge is 0.148 e. The van der Waals surface area contributed by atoms with Gasteiger partial charge in [-0.3, -0.25) is 0 Å². The van der Waals surface area contributed by atoms with E-state index in [4.69, 9.17) is 15.2 Å². The molecule has 0 aliphatic rings. The predicted octanol–water partition coefficient (Wildman–Crippen LogP) is 3.13. The number of hydrogen-bond donors (Lipinski definition) is 1. The van der Waals surface area contributed by atoms with Crippen LogP contribution in [0.25, 0.3) is 10.9 Å². The number of hydrogen-bond acceptors (Lipinski definition) is 4. The Morgan fingerprint density at radius 3 is 2.26 bits per heavy atom. The number of fused-ring (bicyclic) bond motifs is 1. The van der Waals surface area contributed by atoms with Gasteiger partial charge in [-0.15, -0.1) is 0 Å². The van der Waals surface area contributed by atoms with E-state index in [-0.39, 0.29) is 5.41 Å². The van der Waals surface area contributed by atoms with Crippen molar-refractivity contribution in [1.82, 2.24) is 4.98 Å². The molecule has 0 saturated carbocycles. The average molecular weight is 260 g/mol. The maximum atomic E-state index is 6.07. The molecule has 0 spiro atoms. The summed E-state index contributed by atoms with van der Waals surface area (Å²) in [5.74, 6) is 1.96. The molecule has 0 aliphatic heterocycles. The monoisotopic (exact) mass is 260 g/mol. The first-order valence-corrected chi connectivity index (χ1v) is 6.19. The molecule has 4 nitrogen and oxygen atoms in total. The quantitative estimate of drug-likeness (QED) is 0.901. The summed E-state index contributed by atoms with van der Waals surface area (Å²) in [6.07, 6.45) is 0. The number of methoxy groups -OCH3 is 2. The lowest BCUT2D eigenvalue weighted by Crippen LogP contribution is -2.15. The lowest BCUT2D eigenvalue weighted by Gasteiger charge is -2.21. The molecule has 1 aromatic heterocycles. The molecule has 4 heteroatoms. The molecule has 0 atom stereocenters. The number of pyridine rings is 1. The van der Waals surface area contributed by atoms with Crippen LogP contribution in [0.4, 0.5) is 5.82 Å². The van der Waals surface area contributed by atoms with E-state index in [1.807, 2.05) is 12.1 Å². The summed E-state index contributed by atoms with van der Waals surface area (Å²) >= 11 is 0. The minimum absolute atomic E-state index is 0.0540. The van der Waals surface area contributed by atoms with E-state index in [2.05, 4.69) is 31.8 Å². The SMILES string of the molecule is COc1cc(OC)c2nc(N)c(C(C)(C)C)cc2c1. The third-order valence-electron chi connectivity index (χ3n) is 3.15. The molecule has 0 fully saturated rings. The highest BCUT2D eigenvalue weighted by Crippen LogP contribution is 2.35. The Morgan fingerprint density at radius 2 is 1.74 bits per heavy atom. The normalized spacial score (nSPS) is 11.6. The first kappa shape index (κ1) is 13.5. The van der Waals surface area contributed by atoms with E-state index >= 15 is 0 Å². The summed E-state index contributed by atoms with van der Waals surface area (Å²) in [6, 6.07) is 5.81. The van der Waals surface area contributed by atoms with Crippen LogP contribution in [0, 0.1) is 0 Å². The van der Waals surface area contributed by atoms with E-state index in [0.29, 0.717) is 11.6 Å². The molecule has 1 aromatic carbocycles. The summed E-state index contributed by atoms with van der Waals surface area (Å²) < 4.78 is 10.6. The molecule has 0 unspecified atom stereocenters. The Kier molecular flexibility index (Phi) is 3.27. The van der Waals surface area contributed by atoms with Crippen LogP contribution in [0.3, 0.4) is 0 Å². The topological polar surface area (TPSA) is 57.4 Å². The van der Waals surface area contributed by atoms with Gasteiger partial charge >= 0.3 is 0 Å². The van der Waals surface area contributed by atoms with Gasteiger partial charge in [0.25, 0.3) is 0 Å². The Morgan fingerprint density at radius 1 is 1.05 bits per heavy atom. The van der Waals surface area contributed by atoms with Crippen molar-refractivity contribution in [2.24, 2.45) is 0 Å². The fourth-order valence-electron chi connectivity index (χ4n) is 2.12. The van der Waals surface area contributed by atoms with E-state index in [9.17, 15) is 0 Å². The summed E-state index contributed by atoms with van der Waals surface area (Å²) in [4.78, 5) is 4.49. The van der Waals surface area contributed by atoms with Crippen LogP contribution in [0.2, 0.25) is 0 Å². The molecular weight excluding hydrogens is 240 g/mol. The highest BCUT2D eigenvalue weighted by Gasteiger charge is 2.20. The second-order valence-electron chi connectivity index (χ2n) is 5.57. The van der Waals surface area contributed by atoms with Crippen molar-refractivity contribution < 1.29 is 9.47 Å². The number of ether oxygens (including phenoxy) is 2. The van der Waals surface area contributed by atoms with Gasteiger partial charge in [-0.1, -0.05) is 20.8 Å². The zero-order valence-corrected chi connectivity index (χ0v) is 12.1. The lowest BCUT2D eigenvalue weighted by atomic mass is 9.86. The van der Waals surface area contributed by atoms with Crippen LogP contribution in [0.15, 0.2) is 18.2 Å². The standard InChI is InChI=1S/C15H20N2O2/c1-15(2,3)11-7-9-6-10(18-4)8-12(19-5)13(9)17-14(11)16/h6-8H,1-5H3,(H2,16,17). The van der Waals surface area contributed by atoms with E-state index in [1.54, 1.807) is 14.2 Å². The zero-order chi connectivity index (χ0) is 14.2. The molecule has 0 aliphatic carbocycles. The van der Waals surface area contributed by atoms with Crippen LogP contribution in [0.1, 0.15) is 26.3 Å². The first-order chi connectivity index (χ1) is 8.86. The highest BCUT2D eigenvalue weighted by atomic mass is 16.5. The van der Waals surface area contributed by atoms with Gasteiger partial charge in [-0.2, -0.15) is 0 Å². The second-order valence-corrected chi connectivity index (χ2v) is 5.57. The summed E-state index contributed by atoms with van der Waals surface area (Å²) in [7, 11) is 3.25. The van der Waals surface area contributed by atoms with Crippen molar-refractivity contribution >= 4 is 16.7 Å². The number of nitrogens with zero attached hydrogens (tertiary/aromatic N) is 1. The molecule has 0 bridgehead atoms. The van der Waals surface area contributed by atoms with Gasteiger partial charge in [0, 0.05) is 17.0 Å². The van der Waals surface area contributed by atoms with Crippen molar-refractivity contribution in [2.75, 3.05) is 20.0 Å². The van der Waals surface area contributed by atoms with Crippen molar-refractivity contribution in [3.63, 3.8) is 0 Å². The molecule has 0 amide bonds. The molecular formula is C15H20N2O2. The minimum atomic E-state index is -0.0540. The number of nitrogens with two attached hydrogens (primary N) is 1. The molecule has 2 rings (SSSR count). The van der Waals surface area contributed by atoms with Gasteiger partial charge in [0.05, 0.1) is 14.2 Å². The molecule has 0 radical (unpaired) electrons. The maximum absolute atomic E-state index is 6.07. The van der Waals surface area contributed by atoms with Crippen molar-refractivity contribution in [1.29, 1.82) is 0 Å². The molecule has 1 heterocycles. The largest absolute Gasteiger partial charge is 0.497 e. The maximum Gasteiger partial charge on any atom is 0.148 e. The Bertz CT molecular complexity index is 616. The van der Waals surface area contributed by atoms with Crippen LogP contribution >= 0.6 is 0 Å². The van der Waals surface area contributed by atoms with Gasteiger partial charge in [0.1, 0.15) is 22.8 Å². The Hall–Kier alpha value is -1.97. The zero-order valence-electron chi connectivity index (χ0n) is 12.1. The van der Waals surface area contributed by atoms with Gasteiger partial charge in [-0.05, 0) is 17.5 Å². The number of rotatable bonds is 2. The predicted molar refractivity (Wildman–Crippen MR) is 78.0 cm³/mol. The van der Waals surface area contributed by atoms with Crippen LogP contribution < -0.4 is 15.2 Å². The number of benzene rings is 1. The van der Waals surface area contributed by atoms with Gasteiger partial charge < -0.3 is 15.2 Å². The van der Waals surface area contributed by atoms with E-state index in [0.717, 1.165) is 22.2 Å². The fraction of sp³-hybridized carbons (Fsp3) is 0.400. The highest BCUT2D eigenvalue weighted by molar-refractivity contribution is 5.88. The van der Waals surface area contributed by atoms with Gasteiger partial charge in [0.15, 0.2) is 0 Å². The van der Waals surface area contributed by atoms with Crippen LogP contribution in [0.5, 0.6) is 11.5 Å². The first-order valence-electron chi connectivity index (χ1n) is 6.19. The third kappa shape index (κ3) is 2.43. The number of anilines is 1. The van der Waals surface area contributed by atoms with Crippen LogP contribution in [-0.2, 0) is 5.41 Å². The van der Waals surface area contributed by atoms with Gasteiger partial charge in [0.2, 0.25) is 0 Å². The number of aromatic nitrogens is 1. The molecule has 0 saturated heterocycles. The lowest BCUT2D eigenvalue weighted by molar-refractivity contribution is 0.397. The van der Waals surface area contributed by atoms with Crippen molar-refractivity contribution in [2.45, 2.75) is 26.2 Å². The fourth-order valence-corrected chi connectivity index (χ4v) is 2.12. The third-order valence-corrected chi connectivity index (χ3v) is 3.15. The summed E-state index contributed by atoms with van der Waals surface area (Å²) in [6.45, 7) is 6.34. The molecule has 102 valence electrons.